The van der Waals surface area contributed by atoms with Crippen molar-refractivity contribution in [2.75, 3.05) is 13.1 Å². The summed E-state index contributed by atoms with van der Waals surface area (Å²) in [6.07, 6.45) is 0.849. The molecule has 0 bridgehead atoms. The van der Waals surface area contributed by atoms with Crippen molar-refractivity contribution in [3.05, 3.63) is 0 Å². The van der Waals surface area contributed by atoms with Gasteiger partial charge in [0.25, 0.3) is 0 Å². The van der Waals surface area contributed by atoms with E-state index in [-0.39, 0.29) is 11.7 Å². The molecular formula is C7H11NO2. The second-order valence-electron chi connectivity index (χ2n) is 2.45. The maximum absolute atomic E-state index is 10.9. The molecule has 1 aliphatic heterocycles. The maximum Gasteiger partial charge on any atom is 0.223 e. The number of likely N-dealkylation sites (tertiary alicyclic amines) is 1. The minimum absolute atomic E-state index is 0.113. The predicted octanol–water partition coefficient (Wildman–Crippen LogP) is 0.198. The van der Waals surface area contributed by atoms with Gasteiger partial charge >= 0.3 is 0 Å². The number of carbonyl (C=O) groups excluding carboxylic acids is 2. The molecule has 1 amide bonds. The highest BCUT2D eigenvalue weighted by molar-refractivity contribution is 5.92. The third-order valence-electron chi connectivity index (χ3n) is 1.72. The Hall–Kier alpha value is -0.860. The number of hydrogen-bond acceptors (Lipinski definition) is 2. The Bertz CT molecular complexity index is 165. The zero-order valence-corrected chi connectivity index (χ0v) is 6.09. The lowest BCUT2D eigenvalue weighted by molar-refractivity contribution is -0.140. The van der Waals surface area contributed by atoms with Gasteiger partial charge in [-0.05, 0) is 6.92 Å². The number of rotatable bonds is 1. The molecule has 0 unspecified atom stereocenters. The SMILES string of the molecule is CCN1CC(=O)CCC1=O. The molecule has 0 radical (unpaired) electrons. The van der Waals surface area contributed by atoms with E-state index in [9.17, 15) is 9.59 Å². The number of nitrogens with zero attached hydrogens (tertiary/aromatic N) is 1. The molecule has 0 saturated carbocycles. The van der Waals surface area contributed by atoms with E-state index in [4.69, 9.17) is 0 Å². The van der Waals surface area contributed by atoms with Crippen LogP contribution in [0.3, 0.4) is 0 Å². The minimum atomic E-state index is 0.113. The van der Waals surface area contributed by atoms with E-state index < -0.39 is 0 Å². The van der Waals surface area contributed by atoms with E-state index in [1.165, 1.54) is 0 Å². The number of hydrogen-bond donors (Lipinski definition) is 0. The van der Waals surface area contributed by atoms with Gasteiger partial charge < -0.3 is 4.90 Å². The monoisotopic (exact) mass is 141 g/mol. The Morgan fingerprint density at radius 3 is 2.60 bits per heavy atom. The summed E-state index contributed by atoms with van der Waals surface area (Å²) >= 11 is 0. The number of likely N-dealkylation sites (N-methyl/N-ethyl adjacent to an activating group) is 1. The highest BCUT2D eigenvalue weighted by Crippen LogP contribution is 2.06. The molecule has 1 aliphatic rings. The second kappa shape index (κ2) is 2.82. The zero-order chi connectivity index (χ0) is 7.56. The normalized spacial score (nSPS) is 19.9. The molecule has 0 aromatic rings. The van der Waals surface area contributed by atoms with Crippen molar-refractivity contribution in [1.82, 2.24) is 4.90 Å². The molecule has 0 aromatic heterocycles. The molecule has 3 nitrogen and oxygen atoms in total. The summed E-state index contributed by atoms with van der Waals surface area (Å²) in [5.74, 6) is 0.295. The molecule has 1 saturated heterocycles. The first kappa shape index (κ1) is 7.25. The highest BCUT2D eigenvalue weighted by atomic mass is 16.2. The number of ketones is 1. The van der Waals surface area contributed by atoms with Crippen molar-refractivity contribution in [3.63, 3.8) is 0 Å². The predicted molar refractivity (Wildman–Crippen MR) is 36.5 cm³/mol. The van der Waals surface area contributed by atoms with E-state index in [0.29, 0.717) is 25.9 Å². The van der Waals surface area contributed by atoms with Crippen LogP contribution in [0.2, 0.25) is 0 Å². The Morgan fingerprint density at radius 2 is 2.10 bits per heavy atom. The molecule has 0 aromatic carbocycles. The highest BCUT2D eigenvalue weighted by Gasteiger charge is 2.21. The van der Waals surface area contributed by atoms with Crippen LogP contribution in [0.25, 0.3) is 0 Å². The largest absolute Gasteiger partial charge is 0.336 e. The summed E-state index contributed by atoms with van der Waals surface area (Å²) in [4.78, 5) is 23.3. The van der Waals surface area contributed by atoms with E-state index in [0.717, 1.165) is 0 Å². The van der Waals surface area contributed by atoms with Crippen LogP contribution >= 0.6 is 0 Å². The van der Waals surface area contributed by atoms with Crippen LogP contribution in [-0.4, -0.2) is 29.7 Å². The van der Waals surface area contributed by atoms with Crippen molar-refractivity contribution in [2.24, 2.45) is 0 Å². The molecule has 3 heteroatoms. The molecule has 0 spiro atoms. The average molecular weight is 141 g/mol. The Kier molecular flexibility index (Phi) is 2.04. The van der Waals surface area contributed by atoms with Crippen LogP contribution in [0.5, 0.6) is 0 Å². The number of amides is 1. The minimum Gasteiger partial charge on any atom is -0.336 e. The number of carbonyl (C=O) groups is 2. The van der Waals surface area contributed by atoms with E-state index in [1.54, 1.807) is 4.90 Å². The van der Waals surface area contributed by atoms with Gasteiger partial charge in [0.1, 0.15) is 0 Å². The fourth-order valence-corrected chi connectivity index (χ4v) is 1.07. The fraction of sp³-hybridized carbons (Fsp3) is 0.714. The summed E-state index contributed by atoms with van der Waals surface area (Å²) in [6.45, 7) is 2.87. The third-order valence-corrected chi connectivity index (χ3v) is 1.72. The Labute approximate surface area is 60.0 Å². The molecule has 0 aliphatic carbocycles. The Balaban J connectivity index is 2.53. The number of Topliss-reactive ketones (excluding diaryl/α,β-unsaturated/α-hetero) is 1. The Morgan fingerprint density at radius 1 is 1.40 bits per heavy atom. The van der Waals surface area contributed by atoms with E-state index in [2.05, 4.69) is 0 Å². The van der Waals surface area contributed by atoms with E-state index >= 15 is 0 Å². The van der Waals surface area contributed by atoms with Crippen LogP contribution < -0.4 is 0 Å². The summed E-state index contributed by atoms with van der Waals surface area (Å²) < 4.78 is 0. The smallest absolute Gasteiger partial charge is 0.223 e. The first-order chi connectivity index (χ1) is 4.74. The van der Waals surface area contributed by atoms with Gasteiger partial charge in [0, 0.05) is 19.4 Å². The number of piperidine rings is 1. The van der Waals surface area contributed by atoms with Gasteiger partial charge in [-0.25, -0.2) is 0 Å². The standard InChI is InChI=1S/C7H11NO2/c1-2-8-5-6(9)3-4-7(8)10/h2-5H2,1H3. The van der Waals surface area contributed by atoms with Gasteiger partial charge in [0.05, 0.1) is 6.54 Å². The molecule has 1 fully saturated rings. The van der Waals surface area contributed by atoms with Gasteiger partial charge in [-0.1, -0.05) is 0 Å². The van der Waals surface area contributed by atoms with Gasteiger partial charge in [-0.2, -0.15) is 0 Å². The topological polar surface area (TPSA) is 37.4 Å². The lowest BCUT2D eigenvalue weighted by Gasteiger charge is -2.23. The third kappa shape index (κ3) is 1.35. The van der Waals surface area contributed by atoms with Crippen LogP contribution in [0.4, 0.5) is 0 Å². The quantitative estimate of drug-likeness (QED) is 0.523. The molecular weight excluding hydrogens is 130 g/mol. The van der Waals surface area contributed by atoms with Gasteiger partial charge in [-0.15, -0.1) is 0 Å². The molecule has 56 valence electrons. The van der Waals surface area contributed by atoms with Crippen LogP contribution in [0.15, 0.2) is 0 Å². The fourth-order valence-electron chi connectivity index (χ4n) is 1.07. The van der Waals surface area contributed by atoms with Crippen molar-refractivity contribution >= 4 is 11.7 Å². The first-order valence-corrected chi connectivity index (χ1v) is 3.53. The molecule has 0 atom stereocenters. The van der Waals surface area contributed by atoms with Crippen molar-refractivity contribution in [2.45, 2.75) is 19.8 Å². The summed E-state index contributed by atoms with van der Waals surface area (Å²) in [5.41, 5.74) is 0. The van der Waals surface area contributed by atoms with Gasteiger partial charge in [0.15, 0.2) is 5.78 Å². The van der Waals surface area contributed by atoms with Crippen LogP contribution in [-0.2, 0) is 9.59 Å². The lowest BCUT2D eigenvalue weighted by Crippen LogP contribution is -2.39. The summed E-state index contributed by atoms with van der Waals surface area (Å²) in [6, 6.07) is 0. The van der Waals surface area contributed by atoms with E-state index in [1.807, 2.05) is 6.92 Å². The molecule has 1 heterocycles. The zero-order valence-electron chi connectivity index (χ0n) is 6.09. The summed E-state index contributed by atoms with van der Waals surface area (Å²) in [5, 5.41) is 0. The lowest BCUT2D eigenvalue weighted by atomic mass is 10.1. The maximum atomic E-state index is 10.9. The molecule has 1 rings (SSSR count). The molecule has 10 heavy (non-hydrogen) atoms. The van der Waals surface area contributed by atoms with Crippen LogP contribution in [0.1, 0.15) is 19.8 Å². The van der Waals surface area contributed by atoms with Gasteiger partial charge in [0.2, 0.25) is 5.91 Å². The second-order valence-corrected chi connectivity index (χ2v) is 2.45. The van der Waals surface area contributed by atoms with Crippen LogP contribution in [0, 0.1) is 0 Å². The first-order valence-electron chi connectivity index (χ1n) is 3.53. The average Bonchev–Trinajstić information content (AvgIpc) is 1.94. The van der Waals surface area contributed by atoms with Crippen molar-refractivity contribution in [1.29, 1.82) is 0 Å². The summed E-state index contributed by atoms with van der Waals surface area (Å²) in [7, 11) is 0. The molecule has 0 N–H and O–H groups in total. The van der Waals surface area contributed by atoms with Crippen molar-refractivity contribution < 1.29 is 9.59 Å². The van der Waals surface area contributed by atoms with Crippen molar-refractivity contribution in [3.8, 4) is 0 Å². The van der Waals surface area contributed by atoms with Gasteiger partial charge in [-0.3, -0.25) is 9.59 Å².